The molecule has 1 N–H and O–H groups in total. The zero-order chi connectivity index (χ0) is 23.9. The summed E-state index contributed by atoms with van der Waals surface area (Å²) in [4.78, 5) is 15.4. The van der Waals surface area contributed by atoms with Gasteiger partial charge in [0.05, 0.1) is 6.04 Å². The molecule has 0 radical (unpaired) electrons. The number of fused-ring (bicyclic) bond motifs is 2. The summed E-state index contributed by atoms with van der Waals surface area (Å²) in [6, 6.07) is 23.2. The molecule has 178 valence electrons. The highest BCUT2D eigenvalue weighted by Crippen LogP contribution is 2.27. The summed E-state index contributed by atoms with van der Waals surface area (Å²) in [5, 5.41) is 4.16. The largest absolute Gasteiger partial charge is 0.491 e. The third-order valence-corrected chi connectivity index (χ3v) is 6.16. The lowest BCUT2D eigenvalue weighted by Gasteiger charge is -2.33. The van der Waals surface area contributed by atoms with Crippen molar-refractivity contribution in [1.29, 1.82) is 0 Å². The van der Waals surface area contributed by atoms with Gasteiger partial charge in [-0.3, -0.25) is 4.79 Å². The molecule has 1 atom stereocenters. The summed E-state index contributed by atoms with van der Waals surface area (Å²) in [6.45, 7) is 5.83. The van der Waals surface area contributed by atoms with Gasteiger partial charge in [0.2, 0.25) is 0 Å². The highest BCUT2D eigenvalue weighted by atomic mass is 35.5. The number of carbonyl (C=O) groups excluding carboxylic acids is 1. The highest BCUT2D eigenvalue weighted by Gasteiger charge is 2.27. The molecule has 1 aliphatic rings. The van der Waals surface area contributed by atoms with E-state index in [0.717, 1.165) is 29.0 Å². The van der Waals surface area contributed by atoms with E-state index in [-0.39, 0.29) is 18.6 Å². The molecule has 0 aliphatic carbocycles. The maximum atomic E-state index is 13.5. The molecule has 1 heterocycles. The Kier molecular flexibility index (Phi) is 7.96. The van der Waals surface area contributed by atoms with E-state index in [1.165, 1.54) is 0 Å². The second-order valence-electron chi connectivity index (χ2n) is 8.98. The van der Waals surface area contributed by atoms with E-state index in [9.17, 15) is 4.79 Å². The number of nitrogens with one attached hydrogen (secondary N) is 1. The Morgan fingerprint density at radius 1 is 1.06 bits per heavy atom. The van der Waals surface area contributed by atoms with Crippen LogP contribution in [0.3, 0.4) is 0 Å². The third-order valence-electron chi connectivity index (χ3n) is 5.91. The van der Waals surface area contributed by atoms with E-state index < -0.39 is 0 Å². The molecule has 0 saturated carbocycles. The van der Waals surface area contributed by atoms with Crippen molar-refractivity contribution >= 4 is 23.2 Å². The molecule has 0 aromatic heterocycles. The first-order valence-electron chi connectivity index (χ1n) is 11.7. The number of ether oxygens (including phenoxy) is 2. The molecule has 34 heavy (non-hydrogen) atoms. The van der Waals surface area contributed by atoms with Crippen LogP contribution >= 0.6 is 11.6 Å². The lowest BCUT2D eigenvalue weighted by molar-refractivity contribution is -0.137. The topological polar surface area (TPSA) is 50.8 Å². The standard InChI is InChI=1S/C28H31ClN2O3/c1-20(2)15-24-18-34-27-10-6-4-7-21(27)16-30-26-9-5-3-8-22(26)17-31(24)28(32)19-33-25-13-11-23(29)12-14-25/h3-14,20,24,30H,15-19H2,1-2H3/t24-/m0/s1. The van der Waals surface area contributed by atoms with Crippen molar-refractivity contribution in [2.45, 2.75) is 39.4 Å². The van der Waals surface area contributed by atoms with Crippen LogP contribution in [0.25, 0.3) is 0 Å². The lowest BCUT2D eigenvalue weighted by Crippen LogP contribution is -2.46. The van der Waals surface area contributed by atoms with Crippen LogP contribution in [0.4, 0.5) is 5.69 Å². The number of hydrogen-bond acceptors (Lipinski definition) is 4. The highest BCUT2D eigenvalue weighted by molar-refractivity contribution is 6.30. The molecule has 0 spiro atoms. The normalized spacial score (nSPS) is 15.9. The Hall–Kier alpha value is -3.18. The minimum absolute atomic E-state index is 0.0532. The molecule has 4 rings (SSSR count). The average molecular weight is 479 g/mol. The van der Waals surface area contributed by atoms with Gasteiger partial charge in [0.25, 0.3) is 5.91 Å². The number of benzene rings is 3. The van der Waals surface area contributed by atoms with Crippen LogP contribution in [0, 0.1) is 5.92 Å². The number of rotatable bonds is 5. The fourth-order valence-electron chi connectivity index (χ4n) is 4.19. The van der Waals surface area contributed by atoms with E-state index in [4.69, 9.17) is 21.1 Å². The second-order valence-corrected chi connectivity index (χ2v) is 9.41. The van der Waals surface area contributed by atoms with Gasteiger partial charge in [-0.1, -0.05) is 61.8 Å². The minimum atomic E-state index is -0.0967. The number of nitrogens with zero attached hydrogens (tertiary/aromatic N) is 1. The average Bonchev–Trinajstić information content (AvgIpc) is 2.86. The van der Waals surface area contributed by atoms with Gasteiger partial charge >= 0.3 is 0 Å². The summed E-state index contributed by atoms with van der Waals surface area (Å²) >= 11 is 5.97. The summed E-state index contributed by atoms with van der Waals surface area (Å²) in [7, 11) is 0. The molecule has 1 amide bonds. The van der Waals surface area contributed by atoms with E-state index in [1.54, 1.807) is 24.3 Å². The fourth-order valence-corrected chi connectivity index (χ4v) is 4.32. The second kappa shape index (κ2) is 11.3. The van der Waals surface area contributed by atoms with Crippen molar-refractivity contribution in [3.05, 3.63) is 88.9 Å². The number of carbonyl (C=O) groups is 1. The summed E-state index contributed by atoms with van der Waals surface area (Å²) < 4.78 is 12.1. The number of amides is 1. The zero-order valence-electron chi connectivity index (χ0n) is 19.7. The Labute approximate surface area is 206 Å². The van der Waals surface area contributed by atoms with Crippen LogP contribution in [0.15, 0.2) is 72.8 Å². The van der Waals surface area contributed by atoms with E-state index in [0.29, 0.717) is 36.4 Å². The molecular formula is C28H31ClN2O3. The van der Waals surface area contributed by atoms with Crippen molar-refractivity contribution in [1.82, 2.24) is 4.90 Å². The van der Waals surface area contributed by atoms with Gasteiger partial charge in [-0.05, 0) is 54.3 Å². The van der Waals surface area contributed by atoms with Crippen molar-refractivity contribution in [3.8, 4) is 11.5 Å². The Bertz CT molecular complexity index is 1100. The van der Waals surface area contributed by atoms with Gasteiger partial charge in [0, 0.05) is 29.4 Å². The van der Waals surface area contributed by atoms with Crippen molar-refractivity contribution in [3.63, 3.8) is 0 Å². The summed E-state index contributed by atoms with van der Waals surface area (Å²) in [6.07, 6.45) is 0.824. The molecular weight excluding hydrogens is 448 g/mol. The molecule has 0 bridgehead atoms. The van der Waals surface area contributed by atoms with Gasteiger partial charge < -0.3 is 19.7 Å². The van der Waals surface area contributed by atoms with Gasteiger partial charge in [-0.25, -0.2) is 0 Å². The summed E-state index contributed by atoms with van der Waals surface area (Å²) in [5.74, 6) is 1.78. The SMILES string of the molecule is CC(C)C[C@H]1COc2ccccc2CNc2ccccc2CN1C(=O)COc1ccc(Cl)cc1. The van der Waals surface area contributed by atoms with Crippen LogP contribution < -0.4 is 14.8 Å². The Morgan fingerprint density at radius 3 is 2.53 bits per heavy atom. The fraction of sp³-hybridized carbons (Fsp3) is 0.321. The van der Waals surface area contributed by atoms with E-state index in [2.05, 4.69) is 37.4 Å². The quantitative estimate of drug-likeness (QED) is 0.476. The predicted octanol–water partition coefficient (Wildman–Crippen LogP) is 6.17. The minimum Gasteiger partial charge on any atom is -0.491 e. The number of anilines is 1. The number of halogens is 1. The van der Waals surface area contributed by atoms with Crippen LogP contribution in [-0.2, 0) is 17.9 Å². The molecule has 5 nitrogen and oxygen atoms in total. The molecule has 0 fully saturated rings. The monoisotopic (exact) mass is 478 g/mol. The van der Waals surface area contributed by atoms with Crippen LogP contribution in [0.1, 0.15) is 31.4 Å². The van der Waals surface area contributed by atoms with E-state index >= 15 is 0 Å². The predicted molar refractivity (Wildman–Crippen MR) is 136 cm³/mol. The van der Waals surface area contributed by atoms with Crippen LogP contribution in [0.2, 0.25) is 5.02 Å². The van der Waals surface area contributed by atoms with Gasteiger partial charge in [-0.15, -0.1) is 0 Å². The summed E-state index contributed by atoms with van der Waals surface area (Å²) in [5.41, 5.74) is 3.17. The maximum Gasteiger partial charge on any atom is 0.261 e. The van der Waals surface area contributed by atoms with Gasteiger partial charge in [0.1, 0.15) is 18.1 Å². The number of hydrogen-bond donors (Lipinski definition) is 1. The first-order valence-corrected chi connectivity index (χ1v) is 12.1. The Morgan fingerprint density at radius 2 is 1.76 bits per heavy atom. The van der Waals surface area contributed by atoms with Crippen molar-refractivity contribution in [2.75, 3.05) is 18.5 Å². The first-order chi connectivity index (χ1) is 16.5. The lowest BCUT2D eigenvalue weighted by atomic mass is 10.0. The molecule has 1 aliphatic heterocycles. The molecule has 0 unspecified atom stereocenters. The van der Waals surface area contributed by atoms with Crippen molar-refractivity contribution in [2.24, 2.45) is 5.92 Å². The molecule has 6 heteroatoms. The molecule has 0 saturated heterocycles. The maximum absolute atomic E-state index is 13.5. The van der Waals surface area contributed by atoms with Gasteiger partial charge in [-0.2, -0.15) is 0 Å². The molecule has 3 aromatic rings. The van der Waals surface area contributed by atoms with Crippen LogP contribution in [0.5, 0.6) is 11.5 Å². The van der Waals surface area contributed by atoms with E-state index in [1.807, 2.05) is 35.2 Å². The zero-order valence-corrected chi connectivity index (χ0v) is 20.4. The van der Waals surface area contributed by atoms with Crippen LogP contribution in [-0.4, -0.2) is 30.1 Å². The molecule has 3 aromatic carbocycles. The van der Waals surface area contributed by atoms with Crippen molar-refractivity contribution < 1.29 is 14.3 Å². The Balaban J connectivity index is 1.64. The smallest absolute Gasteiger partial charge is 0.261 e. The number of para-hydroxylation sites is 2. The first kappa shape index (κ1) is 24.0. The van der Waals surface area contributed by atoms with Gasteiger partial charge in [0.15, 0.2) is 6.61 Å². The third kappa shape index (κ3) is 6.23.